The van der Waals surface area contributed by atoms with Gasteiger partial charge < -0.3 is 15.5 Å². The standard InChI is InChI=1S/C25H23ClN4O2/c1-15-8-7-9-16(2)21(15)28-25(32)29-23-24(31)30(3)20-13-12-18(26)14-19(20)22(27-23)17-10-5-4-6-11-17/h4-14,23H,1-3H3,(H2,28,29,32). The summed E-state index contributed by atoms with van der Waals surface area (Å²) in [5, 5.41) is 6.12. The molecule has 0 spiro atoms. The molecule has 1 unspecified atom stereocenters. The van der Waals surface area contributed by atoms with Crippen LogP contribution in [-0.4, -0.2) is 30.9 Å². The van der Waals surface area contributed by atoms with Gasteiger partial charge in [0.1, 0.15) is 0 Å². The van der Waals surface area contributed by atoms with E-state index >= 15 is 0 Å². The fraction of sp³-hybridized carbons (Fsp3) is 0.160. The zero-order valence-corrected chi connectivity index (χ0v) is 18.8. The third kappa shape index (κ3) is 4.22. The van der Waals surface area contributed by atoms with Gasteiger partial charge >= 0.3 is 6.03 Å². The van der Waals surface area contributed by atoms with E-state index in [1.54, 1.807) is 25.2 Å². The van der Waals surface area contributed by atoms with E-state index in [4.69, 9.17) is 11.6 Å². The molecule has 32 heavy (non-hydrogen) atoms. The number of halogens is 1. The van der Waals surface area contributed by atoms with Gasteiger partial charge in [0.15, 0.2) is 0 Å². The number of carbonyl (C=O) groups excluding carboxylic acids is 2. The molecule has 4 rings (SSSR count). The number of amides is 3. The largest absolute Gasteiger partial charge is 0.321 e. The van der Waals surface area contributed by atoms with E-state index in [1.807, 2.05) is 62.4 Å². The topological polar surface area (TPSA) is 73.8 Å². The fourth-order valence-electron chi connectivity index (χ4n) is 3.75. The number of anilines is 2. The predicted molar refractivity (Wildman–Crippen MR) is 129 cm³/mol. The van der Waals surface area contributed by atoms with Crippen LogP contribution in [0.1, 0.15) is 22.3 Å². The first-order valence-electron chi connectivity index (χ1n) is 10.2. The average Bonchev–Trinajstić information content (AvgIpc) is 2.87. The van der Waals surface area contributed by atoms with Crippen molar-refractivity contribution >= 4 is 40.6 Å². The monoisotopic (exact) mass is 446 g/mol. The van der Waals surface area contributed by atoms with Crippen molar-refractivity contribution in [1.29, 1.82) is 0 Å². The Balaban J connectivity index is 1.73. The molecule has 0 bridgehead atoms. The van der Waals surface area contributed by atoms with Crippen LogP contribution in [0.3, 0.4) is 0 Å². The molecule has 1 heterocycles. The lowest BCUT2D eigenvalue weighted by atomic mass is 10.0. The van der Waals surface area contributed by atoms with Gasteiger partial charge in [-0.1, -0.05) is 60.1 Å². The molecule has 3 aromatic carbocycles. The van der Waals surface area contributed by atoms with E-state index in [-0.39, 0.29) is 5.91 Å². The van der Waals surface area contributed by atoms with Gasteiger partial charge in [0, 0.05) is 28.9 Å². The summed E-state index contributed by atoms with van der Waals surface area (Å²) in [7, 11) is 1.66. The number of nitrogens with one attached hydrogen (secondary N) is 2. The summed E-state index contributed by atoms with van der Waals surface area (Å²) < 4.78 is 0. The van der Waals surface area contributed by atoms with Crippen molar-refractivity contribution in [2.24, 2.45) is 4.99 Å². The molecule has 0 saturated heterocycles. The maximum absolute atomic E-state index is 13.2. The number of benzodiazepines with no additional fused rings is 1. The highest BCUT2D eigenvalue weighted by atomic mass is 35.5. The molecule has 2 N–H and O–H groups in total. The first-order chi connectivity index (χ1) is 15.3. The molecule has 0 radical (unpaired) electrons. The van der Waals surface area contributed by atoms with E-state index in [0.29, 0.717) is 22.1 Å². The first-order valence-corrected chi connectivity index (χ1v) is 10.6. The highest BCUT2D eigenvalue weighted by molar-refractivity contribution is 6.32. The van der Waals surface area contributed by atoms with Crippen molar-refractivity contribution in [2.75, 3.05) is 17.3 Å². The lowest BCUT2D eigenvalue weighted by Crippen LogP contribution is -2.47. The molecule has 162 valence electrons. The van der Waals surface area contributed by atoms with Crippen LogP contribution in [-0.2, 0) is 4.79 Å². The van der Waals surface area contributed by atoms with Crippen LogP contribution < -0.4 is 15.5 Å². The van der Waals surface area contributed by atoms with E-state index in [0.717, 1.165) is 22.3 Å². The Bertz CT molecular complexity index is 1200. The number of benzene rings is 3. The summed E-state index contributed by atoms with van der Waals surface area (Å²) in [6.07, 6.45) is -1.11. The Hall–Kier alpha value is -3.64. The fourth-order valence-corrected chi connectivity index (χ4v) is 3.92. The van der Waals surface area contributed by atoms with Gasteiger partial charge in [0.05, 0.1) is 11.4 Å². The summed E-state index contributed by atoms with van der Waals surface area (Å²) >= 11 is 6.27. The second-order valence-electron chi connectivity index (χ2n) is 7.67. The zero-order chi connectivity index (χ0) is 22.8. The average molecular weight is 447 g/mol. The molecule has 0 saturated carbocycles. The number of fused-ring (bicyclic) bond motifs is 1. The second-order valence-corrected chi connectivity index (χ2v) is 8.11. The second kappa shape index (κ2) is 8.85. The van der Waals surface area contributed by atoms with Crippen molar-refractivity contribution in [3.8, 4) is 0 Å². The van der Waals surface area contributed by atoms with Crippen LogP contribution in [0, 0.1) is 13.8 Å². The molecule has 0 fully saturated rings. The number of carbonyl (C=O) groups is 2. The Morgan fingerprint density at radius 1 is 1.00 bits per heavy atom. The van der Waals surface area contributed by atoms with Crippen LogP contribution in [0.15, 0.2) is 71.7 Å². The highest BCUT2D eigenvalue weighted by Gasteiger charge is 2.31. The number of nitrogens with zero attached hydrogens (tertiary/aromatic N) is 2. The number of likely N-dealkylation sites (N-methyl/N-ethyl adjacent to an activating group) is 1. The summed E-state index contributed by atoms with van der Waals surface area (Å²) in [5.74, 6) is -0.351. The number of hydrogen-bond acceptors (Lipinski definition) is 3. The van der Waals surface area contributed by atoms with E-state index in [2.05, 4.69) is 15.6 Å². The number of hydrogen-bond donors (Lipinski definition) is 2. The Morgan fingerprint density at radius 2 is 1.69 bits per heavy atom. The third-order valence-corrected chi connectivity index (χ3v) is 5.67. The maximum atomic E-state index is 13.2. The smallest absolute Gasteiger partial charge is 0.311 e. The summed E-state index contributed by atoms with van der Waals surface area (Å²) in [6, 6.07) is 20.1. The van der Waals surface area contributed by atoms with Crippen molar-refractivity contribution in [1.82, 2.24) is 5.32 Å². The molecule has 0 aliphatic carbocycles. The molecular weight excluding hydrogens is 424 g/mol. The Labute approximate surface area is 191 Å². The van der Waals surface area contributed by atoms with Crippen LogP contribution in [0.5, 0.6) is 0 Å². The van der Waals surface area contributed by atoms with Gasteiger partial charge in [-0.05, 0) is 43.2 Å². The van der Waals surface area contributed by atoms with Crippen LogP contribution >= 0.6 is 11.6 Å². The van der Waals surface area contributed by atoms with Gasteiger partial charge in [-0.3, -0.25) is 4.79 Å². The number of para-hydroxylation sites is 1. The van der Waals surface area contributed by atoms with Crippen LogP contribution in [0.25, 0.3) is 0 Å². The summed E-state index contributed by atoms with van der Waals surface area (Å²) in [5.41, 5.74) is 5.36. The van der Waals surface area contributed by atoms with Crippen molar-refractivity contribution in [2.45, 2.75) is 20.0 Å². The molecule has 1 aliphatic heterocycles. The van der Waals surface area contributed by atoms with Gasteiger partial charge in [0.2, 0.25) is 6.17 Å². The van der Waals surface area contributed by atoms with E-state index in [1.165, 1.54) is 4.90 Å². The quantitative estimate of drug-likeness (QED) is 0.599. The zero-order valence-electron chi connectivity index (χ0n) is 18.0. The van der Waals surface area contributed by atoms with Crippen LogP contribution in [0.4, 0.5) is 16.2 Å². The molecule has 3 amide bonds. The predicted octanol–water partition coefficient (Wildman–Crippen LogP) is 4.92. The van der Waals surface area contributed by atoms with Gasteiger partial charge in [0.25, 0.3) is 5.91 Å². The summed E-state index contributed by atoms with van der Waals surface area (Å²) in [4.78, 5) is 32.2. The lowest BCUT2D eigenvalue weighted by molar-refractivity contribution is -0.119. The van der Waals surface area contributed by atoms with Gasteiger partial charge in [-0.2, -0.15) is 0 Å². The number of urea groups is 1. The molecule has 7 heteroatoms. The Morgan fingerprint density at radius 3 is 2.38 bits per heavy atom. The molecular formula is C25H23ClN4O2. The molecule has 0 aromatic heterocycles. The van der Waals surface area contributed by atoms with Crippen molar-refractivity contribution in [3.05, 3.63) is 94.0 Å². The molecule has 3 aromatic rings. The molecule has 1 atom stereocenters. The van der Waals surface area contributed by atoms with Gasteiger partial charge in [-0.15, -0.1) is 0 Å². The van der Waals surface area contributed by atoms with E-state index in [9.17, 15) is 9.59 Å². The maximum Gasteiger partial charge on any atom is 0.321 e. The Kier molecular flexibility index (Phi) is 5.97. The number of aryl methyl sites for hydroxylation is 2. The minimum Gasteiger partial charge on any atom is -0.311 e. The minimum atomic E-state index is -1.11. The van der Waals surface area contributed by atoms with Crippen molar-refractivity contribution < 1.29 is 9.59 Å². The first kappa shape index (κ1) is 21.6. The molecule has 6 nitrogen and oxygen atoms in total. The highest BCUT2D eigenvalue weighted by Crippen LogP contribution is 2.30. The van der Waals surface area contributed by atoms with Crippen molar-refractivity contribution in [3.63, 3.8) is 0 Å². The third-order valence-electron chi connectivity index (χ3n) is 5.43. The minimum absolute atomic E-state index is 0.351. The van der Waals surface area contributed by atoms with Gasteiger partial charge in [-0.25, -0.2) is 9.79 Å². The number of rotatable bonds is 3. The number of aliphatic imine (C=N–C) groups is 1. The SMILES string of the molecule is Cc1cccc(C)c1NC(=O)NC1N=C(c2ccccc2)c2cc(Cl)ccc2N(C)C1=O. The van der Waals surface area contributed by atoms with Crippen LogP contribution in [0.2, 0.25) is 5.02 Å². The molecule has 1 aliphatic rings. The lowest BCUT2D eigenvalue weighted by Gasteiger charge is -2.21. The normalized spacial score (nSPS) is 15.5. The summed E-state index contributed by atoms with van der Waals surface area (Å²) in [6.45, 7) is 3.83. The van der Waals surface area contributed by atoms with E-state index < -0.39 is 12.2 Å².